The van der Waals surface area contributed by atoms with Crippen LogP contribution < -0.4 is 0 Å². The number of aromatic hydroxyl groups is 1. The molecule has 0 spiro atoms. The van der Waals surface area contributed by atoms with Gasteiger partial charge in [0.1, 0.15) is 11.4 Å². The smallest absolute Gasteiger partial charge is 0.274 e. The fraction of sp³-hybridized carbons (Fsp3) is 0.214. The van der Waals surface area contributed by atoms with Gasteiger partial charge in [-0.15, -0.1) is 0 Å². The van der Waals surface area contributed by atoms with E-state index in [1.807, 2.05) is 6.92 Å². The predicted octanol–water partition coefficient (Wildman–Crippen LogP) is 2.02. The molecular formula is C14H15N3O2. The van der Waals surface area contributed by atoms with E-state index in [-0.39, 0.29) is 17.7 Å². The molecule has 1 unspecified atom stereocenters. The molecule has 1 amide bonds. The molecule has 1 N–H and O–H groups in total. The number of amides is 1. The van der Waals surface area contributed by atoms with E-state index in [9.17, 15) is 9.90 Å². The molecule has 2 rings (SSSR count). The Morgan fingerprint density at radius 1 is 1.26 bits per heavy atom. The summed E-state index contributed by atoms with van der Waals surface area (Å²) in [6.07, 6.45) is 4.47. The molecule has 0 aliphatic heterocycles. The third-order valence-corrected chi connectivity index (χ3v) is 3.06. The van der Waals surface area contributed by atoms with Gasteiger partial charge in [-0.1, -0.05) is 12.1 Å². The average molecular weight is 257 g/mol. The highest BCUT2D eigenvalue weighted by atomic mass is 16.3. The van der Waals surface area contributed by atoms with Gasteiger partial charge in [0.25, 0.3) is 5.91 Å². The van der Waals surface area contributed by atoms with Crippen molar-refractivity contribution in [2.45, 2.75) is 13.0 Å². The normalized spacial score (nSPS) is 11.9. The topological polar surface area (TPSA) is 66.3 Å². The second-order valence-electron chi connectivity index (χ2n) is 4.27. The first kappa shape index (κ1) is 13.0. The summed E-state index contributed by atoms with van der Waals surface area (Å²) in [7, 11) is 1.72. The first-order valence-electron chi connectivity index (χ1n) is 5.91. The number of hydrogen-bond acceptors (Lipinski definition) is 4. The second-order valence-corrected chi connectivity index (χ2v) is 4.27. The largest absolute Gasteiger partial charge is 0.508 e. The van der Waals surface area contributed by atoms with Gasteiger partial charge in [-0.3, -0.25) is 9.78 Å². The van der Waals surface area contributed by atoms with Gasteiger partial charge in [0.05, 0.1) is 12.2 Å². The van der Waals surface area contributed by atoms with Crippen LogP contribution in [0.15, 0.2) is 42.9 Å². The molecule has 1 heterocycles. The molecule has 0 fully saturated rings. The summed E-state index contributed by atoms with van der Waals surface area (Å²) in [4.78, 5) is 21.7. The van der Waals surface area contributed by atoms with Crippen molar-refractivity contribution in [3.05, 3.63) is 54.1 Å². The number of carbonyl (C=O) groups is 1. The lowest BCUT2D eigenvalue weighted by Gasteiger charge is -2.24. The Balaban J connectivity index is 2.17. The molecule has 0 aliphatic rings. The van der Waals surface area contributed by atoms with Gasteiger partial charge in [-0.25, -0.2) is 4.98 Å². The first-order valence-corrected chi connectivity index (χ1v) is 5.91. The van der Waals surface area contributed by atoms with Crippen LogP contribution >= 0.6 is 0 Å². The highest BCUT2D eigenvalue weighted by Gasteiger charge is 2.19. The third-order valence-electron chi connectivity index (χ3n) is 3.06. The van der Waals surface area contributed by atoms with Crippen molar-refractivity contribution in [1.29, 1.82) is 0 Å². The maximum atomic E-state index is 12.2. The van der Waals surface area contributed by atoms with Crippen LogP contribution in [0.4, 0.5) is 0 Å². The van der Waals surface area contributed by atoms with Gasteiger partial charge in [-0.2, -0.15) is 0 Å². The summed E-state index contributed by atoms with van der Waals surface area (Å²) < 4.78 is 0. The van der Waals surface area contributed by atoms with Crippen LogP contribution in [0.1, 0.15) is 29.0 Å². The Labute approximate surface area is 111 Å². The van der Waals surface area contributed by atoms with Crippen molar-refractivity contribution < 1.29 is 9.90 Å². The van der Waals surface area contributed by atoms with E-state index < -0.39 is 0 Å². The number of benzene rings is 1. The number of nitrogens with zero attached hydrogens (tertiary/aromatic N) is 3. The second kappa shape index (κ2) is 5.48. The van der Waals surface area contributed by atoms with Crippen molar-refractivity contribution in [2.24, 2.45) is 0 Å². The van der Waals surface area contributed by atoms with Gasteiger partial charge in [0, 0.05) is 19.4 Å². The van der Waals surface area contributed by atoms with E-state index in [2.05, 4.69) is 9.97 Å². The number of phenols is 1. The summed E-state index contributed by atoms with van der Waals surface area (Å²) in [5, 5.41) is 9.27. The lowest BCUT2D eigenvalue weighted by atomic mass is 10.1. The Kier molecular flexibility index (Phi) is 3.75. The van der Waals surface area contributed by atoms with Gasteiger partial charge in [0.15, 0.2) is 0 Å². The molecule has 0 bridgehead atoms. The first-order chi connectivity index (χ1) is 9.09. The van der Waals surface area contributed by atoms with Gasteiger partial charge < -0.3 is 10.0 Å². The number of rotatable bonds is 3. The van der Waals surface area contributed by atoms with E-state index in [0.29, 0.717) is 5.69 Å². The minimum atomic E-state index is -0.186. The lowest BCUT2D eigenvalue weighted by molar-refractivity contribution is 0.0736. The van der Waals surface area contributed by atoms with Crippen molar-refractivity contribution >= 4 is 5.91 Å². The lowest BCUT2D eigenvalue weighted by Crippen LogP contribution is -2.30. The monoisotopic (exact) mass is 257 g/mol. The summed E-state index contributed by atoms with van der Waals surface area (Å²) in [6.45, 7) is 1.92. The van der Waals surface area contributed by atoms with E-state index in [0.717, 1.165) is 5.56 Å². The molecule has 19 heavy (non-hydrogen) atoms. The fourth-order valence-corrected chi connectivity index (χ4v) is 1.74. The predicted molar refractivity (Wildman–Crippen MR) is 70.6 cm³/mol. The zero-order valence-corrected chi connectivity index (χ0v) is 10.8. The highest BCUT2D eigenvalue weighted by molar-refractivity contribution is 5.92. The van der Waals surface area contributed by atoms with E-state index >= 15 is 0 Å². The maximum absolute atomic E-state index is 12.2. The SMILES string of the molecule is CC(c1ccc(O)cc1)N(C)C(=O)c1cnccn1. The van der Waals surface area contributed by atoms with Crippen molar-refractivity contribution in [1.82, 2.24) is 14.9 Å². The molecular weight excluding hydrogens is 242 g/mol. The van der Waals surface area contributed by atoms with Crippen LogP contribution in [0.3, 0.4) is 0 Å². The highest BCUT2D eigenvalue weighted by Crippen LogP contribution is 2.22. The third kappa shape index (κ3) is 2.88. The van der Waals surface area contributed by atoms with Gasteiger partial charge in [-0.05, 0) is 24.6 Å². The number of carbonyl (C=O) groups excluding carboxylic acids is 1. The van der Waals surface area contributed by atoms with Crippen molar-refractivity contribution in [3.63, 3.8) is 0 Å². The van der Waals surface area contributed by atoms with E-state index in [1.54, 1.807) is 36.2 Å². The van der Waals surface area contributed by atoms with Crippen LogP contribution in [0.5, 0.6) is 5.75 Å². The van der Waals surface area contributed by atoms with Crippen molar-refractivity contribution in [3.8, 4) is 5.75 Å². The zero-order valence-electron chi connectivity index (χ0n) is 10.8. The van der Waals surface area contributed by atoms with Gasteiger partial charge in [0.2, 0.25) is 0 Å². The van der Waals surface area contributed by atoms with Gasteiger partial charge >= 0.3 is 0 Å². The zero-order chi connectivity index (χ0) is 13.8. The molecule has 5 nitrogen and oxygen atoms in total. The molecule has 5 heteroatoms. The molecule has 2 aromatic rings. The minimum Gasteiger partial charge on any atom is -0.508 e. The average Bonchev–Trinajstić information content (AvgIpc) is 2.46. The number of aromatic nitrogens is 2. The molecule has 1 atom stereocenters. The molecule has 0 aliphatic carbocycles. The fourth-order valence-electron chi connectivity index (χ4n) is 1.74. The van der Waals surface area contributed by atoms with Crippen LogP contribution in [-0.4, -0.2) is 32.9 Å². The Morgan fingerprint density at radius 3 is 2.53 bits per heavy atom. The molecule has 0 radical (unpaired) electrons. The van der Waals surface area contributed by atoms with E-state index in [1.165, 1.54) is 18.6 Å². The molecule has 0 saturated heterocycles. The van der Waals surface area contributed by atoms with Crippen LogP contribution in [0.2, 0.25) is 0 Å². The number of hydrogen-bond donors (Lipinski definition) is 1. The van der Waals surface area contributed by atoms with Crippen LogP contribution in [0.25, 0.3) is 0 Å². The number of phenolic OH excluding ortho intramolecular Hbond substituents is 1. The maximum Gasteiger partial charge on any atom is 0.274 e. The Morgan fingerprint density at radius 2 is 1.95 bits per heavy atom. The Bertz CT molecular complexity index is 555. The molecule has 98 valence electrons. The summed E-state index contributed by atoms with van der Waals surface area (Å²) in [5.74, 6) is 0.0209. The standard InChI is InChI=1S/C14H15N3O2/c1-10(11-3-5-12(18)6-4-11)17(2)14(19)13-9-15-7-8-16-13/h3-10,18H,1-2H3. The summed E-state index contributed by atoms with van der Waals surface area (Å²) in [6, 6.07) is 6.68. The molecule has 1 aromatic carbocycles. The summed E-state index contributed by atoms with van der Waals surface area (Å²) in [5.41, 5.74) is 1.26. The van der Waals surface area contributed by atoms with Crippen molar-refractivity contribution in [2.75, 3.05) is 7.05 Å². The molecule has 1 aromatic heterocycles. The van der Waals surface area contributed by atoms with Crippen LogP contribution in [0, 0.1) is 0 Å². The quantitative estimate of drug-likeness (QED) is 0.913. The van der Waals surface area contributed by atoms with E-state index in [4.69, 9.17) is 0 Å². The van der Waals surface area contributed by atoms with Crippen LogP contribution in [-0.2, 0) is 0 Å². The molecule has 0 saturated carbocycles. The Hall–Kier alpha value is -2.43. The minimum absolute atomic E-state index is 0.116. The summed E-state index contributed by atoms with van der Waals surface area (Å²) >= 11 is 0.